The number of benzene rings is 9. The summed E-state index contributed by atoms with van der Waals surface area (Å²) in [7, 11) is 0. The Balaban J connectivity index is 1.02. The molecular formula is C60H38N4O2. The van der Waals surface area contributed by atoms with Crippen molar-refractivity contribution in [1.29, 1.82) is 0 Å². The maximum Gasteiger partial charge on any atom is 0.238 e. The van der Waals surface area contributed by atoms with E-state index in [0.717, 1.165) is 121 Å². The highest BCUT2D eigenvalue weighted by Crippen LogP contribution is 2.42. The van der Waals surface area contributed by atoms with Gasteiger partial charge in [0.15, 0.2) is 11.6 Å². The minimum atomic E-state index is 0.528. The van der Waals surface area contributed by atoms with Crippen molar-refractivity contribution in [3.63, 3.8) is 0 Å². The van der Waals surface area contributed by atoms with Gasteiger partial charge in [-0.3, -0.25) is 4.57 Å². The number of rotatable bonds is 7. The summed E-state index contributed by atoms with van der Waals surface area (Å²) in [6.45, 7) is 6.01. The Hall–Kier alpha value is -8.87. The molecule has 6 nitrogen and oxygen atoms in total. The fourth-order valence-electron chi connectivity index (χ4n) is 9.80. The van der Waals surface area contributed by atoms with E-state index in [1.807, 2.05) is 54.6 Å². The first-order valence-electron chi connectivity index (χ1n) is 22.1. The first-order valence-corrected chi connectivity index (χ1v) is 22.1. The van der Waals surface area contributed by atoms with Crippen LogP contribution in [0.1, 0.15) is 11.3 Å². The number of hydrogen-bond acceptors (Lipinski definition) is 5. The van der Waals surface area contributed by atoms with Crippen LogP contribution >= 0.6 is 0 Å². The second kappa shape index (κ2) is 14.9. The van der Waals surface area contributed by atoms with Gasteiger partial charge in [-0.1, -0.05) is 164 Å². The standard InChI is InChI=1S/C60H38N4O2/c1-3-52-36(2)45-29-27-42(34-54(45)65-52)40-18-11-17-39(32-40)41-19-12-20-43(33-41)47-23-13-24-50-51-31-26-37-14-7-8-21-46(37)56(51)64(57(47)50)60-62-58(38-15-5-4-6-16-38)61-59(63-60)44-28-30-49-48-22-9-10-25-53(48)66-55(49)35-44/h3-35H,1H2,2H3. The van der Waals surface area contributed by atoms with Crippen molar-refractivity contribution >= 4 is 71.6 Å². The third kappa shape index (κ3) is 6.00. The van der Waals surface area contributed by atoms with E-state index >= 15 is 0 Å². The summed E-state index contributed by atoms with van der Waals surface area (Å²) in [6.07, 6.45) is 1.78. The molecule has 0 aliphatic carbocycles. The molecule has 0 saturated heterocycles. The zero-order valence-electron chi connectivity index (χ0n) is 35.9. The fourth-order valence-corrected chi connectivity index (χ4v) is 9.80. The molecular weight excluding hydrogens is 809 g/mol. The number of para-hydroxylation sites is 2. The molecule has 6 heteroatoms. The number of hydrogen-bond donors (Lipinski definition) is 0. The fraction of sp³-hybridized carbons (Fsp3) is 0.0167. The van der Waals surface area contributed by atoms with Gasteiger partial charge in [0.2, 0.25) is 5.95 Å². The predicted octanol–water partition coefficient (Wildman–Crippen LogP) is 16.1. The minimum absolute atomic E-state index is 0.528. The topological polar surface area (TPSA) is 69.9 Å². The van der Waals surface area contributed by atoms with Crippen LogP contribution in [-0.2, 0) is 0 Å². The van der Waals surface area contributed by atoms with Crippen molar-refractivity contribution in [1.82, 2.24) is 19.5 Å². The summed E-state index contributed by atoms with van der Waals surface area (Å²) < 4.78 is 14.8. The first kappa shape index (κ1) is 37.7. The zero-order valence-corrected chi connectivity index (χ0v) is 35.9. The van der Waals surface area contributed by atoms with E-state index in [9.17, 15) is 0 Å². The minimum Gasteiger partial charge on any atom is -0.456 e. The van der Waals surface area contributed by atoms with Crippen molar-refractivity contribution in [2.45, 2.75) is 6.92 Å². The number of aromatic nitrogens is 4. The molecule has 0 fully saturated rings. The molecule has 0 atom stereocenters. The Morgan fingerprint density at radius 3 is 1.79 bits per heavy atom. The van der Waals surface area contributed by atoms with Crippen LogP contribution in [0.3, 0.4) is 0 Å². The molecule has 0 spiro atoms. The average Bonchev–Trinajstić information content (AvgIpc) is 4.05. The van der Waals surface area contributed by atoms with Gasteiger partial charge in [0, 0.05) is 54.6 Å². The SMILES string of the molecule is C=Cc1oc2cc(-c3cccc(-c4cccc(-c5cccc6c7ccc8ccccc8c7n(-c7nc(-c8ccccc8)nc(-c8ccc9c(c8)oc8ccccc89)n7)c56)c4)c3)ccc2c1C. The third-order valence-corrected chi connectivity index (χ3v) is 13.0. The molecule has 66 heavy (non-hydrogen) atoms. The molecule has 0 aliphatic heterocycles. The molecule has 0 N–H and O–H groups in total. The summed E-state index contributed by atoms with van der Waals surface area (Å²) in [5, 5.41) is 7.69. The van der Waals surface area contributed by atoms with Crippen LogP contribution in [0.4, 0.5) is 0 Å². The third-order valence-electron chi connectivity index (χ3n) is 13.0. The summed E-state index contributed by atoms with van der Waals surface area (Å²) >= 11 is 0. The molecule has 4 heterocycles. The molecule has 13 aromatic rings. The summed E-state index contributed by atoms with van der Waals surface area (Å²) in [5.74, 6) is 2.47. The Morgan fingerprint density at radius 1 is 0.409 bits per heavy atom. The summed E-state index contributed by atoms with van der Waals surface area (Å²) in [5.41, 5.74) is 13.9. The average molecular weight is 847 g/mol. The highest BCUT2D eigenvalue weighted by molar-refractivity contribution is 6.21. The molecule has 310 valence electrons. The van der Waals surface area contributed by atoms with Gasteiger partial charge in [-0.25, -0.2) is 4.98 Å². The van der Waals surface area contributed by atoms with Gasteiger partial charge in [0.05, 0.1) is 11.0 Å². The number of furan rings is 2. The molecule has 4 aromatic heterocycles. The first-order chi connectivity index (χ1) is 32.6. The Morgan fingerprint density at radius 2 is 0.970 bits per heavy atom. The lowest BCUT2D eigenvalue weighted by Crippen LogP contribution is -2.07. The largest absolute Gasteiger partial charge is 0.456 e. The number of aryl methyl sites for hydroxylation is 1. The van der Waals surface area contributed by atoms with Crippen molar-refractivity contribution in [3.05, 3.63) is 212 Å². The maximum absolute atomic E-state index is 6.37. The predicted molar refractivity (Wildman–Crippen MR) is 271 cm³/mol. The number of nitrogens with zero attached hydrogens (tertiary/aromatic N) is 4. The van der Waals surface area contributed by atoms with Crippen LogP contribution in [-0.4, -0.2) is 19.5 Å². The van der Waals surface area contributed by atoms with E-state index in [-0.39, 0.29) is 0 Å². The van der Waals surface area contributed by atoms with Crippen LogP contribution in [0.15, 0.2) is 210 Å². The van der Waals surface area contributed by atoms with Crippen LogP contribution in [0.5, 0.6) is 0 Å². The normalized spacial score (nSPS) is 11.8. The summed E-state index contributed by atoms with van der Waals surface area (Å²) in [6, 6.07) is 68.1. The molecule has 13 rings (SSSR count). The second-order valence-corrected chi connectivity index (χ2v) is 16.8. The van der Waals surface area contributed by atoms with Gasteiger partial charge < -0.3 is 8.83 Å². The van der Waals surface area contributed by atoms with Gasteiger partial charge >= 0.3 is 0 Å². The van der Waals surface area contributed by atoms with E-state index in [4.69, 9.17) is 23.8 Å². The highest BCUT2D eigenvalue weighted by atomic mass is 16.3. The zero-order chi connectivity index (χ0) is 43.9. The van der Waals surface area contributed by atoms with Gasteiger partial charge in [0.1, 0.15) is 22.5 Å². The molecule has 0 bridgehead atoms. The quantitative estimate of drug-likeness (QED) is 0.160. The lowest BCUT2D eigenvalue weighted by molar-refractivity contribution is 0.601. The van der Waals surface area contributed by atoms with E-state index in [0.29, 0.717) is 17.6 Å². The van der Waals surface area contributed by atoms with E-state index < -0.39 is 0 Å². The molecule has 0 radical (unpaired) electrons. The van der Waals surface area contributed by atoms with Crippen molar-refractivity contribution < 1.29 is 8.83 Å². The van der Waals surface area contributed by atoms with E-state index in [1.54, 1.807) is 6.08 Å². The van der Waals surface area contributed by atoms with Gasteiger partial charge in [0.25, 0.3) is 0 Å². The molecule has 0 saturated carbocycles. The molecule has 0 unspecified atom stereocenters. The lowest BCUT2D eigenvalue weighted by atomic mass is 9.95. The lowest BCUT2D eigenvalue weighted by Gasteiger charge is -2.14. The number of fused-ring (bicyclic) bond motifs is 9. The molecule has 9 aromatic carbocycles. The smallest absolute Gasteiger partial charge is 0.238 e. The summed E-state index contributed by atoms with van der Waals surface area (Å²) in [4.78, 5) is 15.9. The van der Waals surface area contributed by atoms with Gasteiger partial charge in [-0.2, -0.15) is 9.97 Å². The second-order valence-electron chi connectivity index (χ2n) is 16.8. The van der Waals surface area contributed by atoms with Crippen molar-refractivity contribution in [2.75, 3.05) is 0 Å². The van der Waals surface area contributed by atoms with Gasteiger partial charge in [-0.15, -0.1) is 0 Å². The molecule has 0 aliphatic rings. The Bertz CT molecular complexity index is 4100. The highest BCUT2D eigenvalue weighted by Gasteiger charge is 2.23. The van der Waals surface area contributed by atoms with E-state index in [1.165, 1.54) is 0 Å². The van der Waals surface area contributed by atoms with Crippen LogP contribution in [0.2, 0.25) is 0 Å². The Labute approximate surface area is 379 Å². The van der Waals surface area contributed by atoms with E-state index in [2.05, 4.69) is 158 Å². The van der Waals surface area contributed by atoms with Crippen LogP contribution < -0.4 is 0 Å². The maximum atomic E-state index is 6.37. The van der Waals surface area contributed by atoms with Crippen molar-refractivity contribution in [2.24, 2.45) is 0 Å². The molecule has 0 amide bonds. The van der Waals surface area contributed by atoms with Gasteiger partial charge in [-0.05, 0) is 82.6 Å². The Kier molecular flexibility index (Phi) is 8.48. The van der Waals surface area contributed by atoms with Crippen molar-refractivity contribution in [3.8, 4) is 62.1 Å². The van der Waals surface area contributed by atoms with Crippen LogP contribution in [0.25, 0.3) is 134 Å². The van der Waals surface area contributed by atoms with Crippen LogP contribution in [0, 0.1) is 6.92 Å². The monoisotopic (exact) mass is 846 g/mol.